The smallest absolute Gasteiger partial charge is 0.257 e. The van der Waals surface area contributed by atoms with Crippen LogP contribution < -0.4 is 0 Å². The molecule has 1 N–H and O–H groups in total. The molecule has 1 aromatic carbocycles. The maximum absolute atomic E-state index is 12.7. The van der Waals surface area contributed by atoms with Gasteiger partial charge < -0.3 is 9.80 Å². The van der Waals surface area contributed by atoms with Crippen LogP contribution in [0, 0.1) is 0 Å². The van der Waals surface area contributed by atoms with Crippen molar-refractivity contribution >= 4 is 23.4 Å². The molecular weight excluding hydrogens is 340 g/mol. The number of aromatic amines is 1. The molecule has 0 saturated carbocycles. The van der Waals surface area contributed by atoms with Gasteiger partial charge in [-0.2, -0.15) is 5.10 Å². The number of halogens is 1. The van der Waals surface area contributed by atoms with Crippen molar-refractivity contribution < 1.29 is 9.59 Å². The SMILES string of the molecule is CC(C)c1[nH]ncc1C(=O)N1CCN(Cc2ccc(Cl)cc2)C(=O)C1. The molecule has 0 radical (unpaired) electrons. The van der Waals surface area contributed by atoms with E-state index in [-0.39, 0.29) is 24.3 Å². The van der Waals surface area contributed by atoms with Crippen molar-refractivity contribution in [2.24, 2.45) is 0 Å². The highest BCUT2D eigenvalue weighted by Crippen LogP contribution is 2.19. The molecule has 2 heterocycles. The molecule has 1 saturated heterocycles. The van der Waals surface area contributed by atoms with Gasteiger partial charge in [0.1, 0.15) is 6.54 Å². The van der Waals surface area contributed by atoms with Crippen LogP contribution in [-0.2, 0) is 11.3 Å². The molecule has 1 aromatic heterocycles. The first-order valence-corrected chi connectivity index (χ1v) is 8.68. The van der Waals surface area contributed by atoms with E-state index in [2.05, 4.69) is 10.2 Å². The second-order valence-electron chi connectivity index (χ2n) is 6.52. The Bertz CT molecular complexity index is 770. The van der Waals surface area contributed by atoms with Crippen molar-refractivity contribution in [1.29, 1.82) is 0 Å². The number of amides is 2. The largest absolute Gasteiger partial charge is 0.335 e. The first-order chi connectivity index (χ1) is 12.0. The minimum atomic E-state index is -0.142. The van der Waals surface area contributed by atoms with Gasteiger partial charge in [-0.1, -0.05) is 37.6 Å². The van der Waals surface area contributed by atoms with E-state index in [1.165, 1.54) is 0 Å². The van der Waals surface area contributed by atoms with Crippen molar-refractivity contribution in [3.63, 3.8) is 0 Å². The second-order valence-corrected chi connectivity index (χ2v) is 6.96. The first kappa shape index (κ1) is 17.5. The Hall–Kier alpha value is -2.34. The van der Waals surface area contributed by atoms with Crippen LogP contribution in [0.15, 0.2) is 30.5 Å². The van der Waals surface area contributed by atoms with Crippen molar-refractivity contribution in [1.82, 2.24) is 20.0 Å². The summed E-state index contributed by atoms with van der Waals surface area (Å²) in [5.74, 6) is -0.0237. The Balaban J connectivity index is 1.65. The van der Waals surface area contributed by atoms with E-state index in [0.29, 0.717) is 30.2 Å². The molecule has 1 aliphatic heterocycles. The number of nitrogens with one attached hydrogen (secondary N) is 1. The van der Waals surface area contributed by atoms with Gasteiger partial charge in [0.2, 0.25) is 5.91 Å². The monoisotopic (exact) mass is 360 g/mol. The molecule has 3 rings (SSSR count). The molecule has 7 heteroatoms. The Labute approximate surface area is 151 Å². The van der Waals surface area contributed by atoms with Crippen LogP contribution in [0.5, 0.6) is 0 Å². The predicted molar refractivity (Wildman–Crippen MR) is 95.4 cm³/mol. The van der Waals surface area contributed by atoms with Crippen LogP contribution >= 0.6 is 11.6 Å². The van der Waals surface area contributed by atoms with Gasteiger partial charge in [-0.15, -0.1) is 0 Å². The predicted octanol–water partition coefficient (Wildman–Crippen LogP) is 2.67. The lowest BCUT2D eigenvalue weighted by molar-refractivity contribution is -0.135. The molecule has 132 valence electrons. The minimum Gasteiger partial charge on any atom is -0.335 e. The van der Waals surface area contributed by atoms with Gasteiger partial charge in [0.05, 0.1) is 17.5 Å². The molecule has 0 atom stereocenters. The normalized spacial score (nSPS) is 15.1. The summed E-state index contributed by atoms with van der Waals surface area (Å²) in [4.78, 5) is 28.5. The first-order valence-electron chi connectivity index (χ1n) is 8.30. The fourth-order valence-corrected chi connectivity index (χ4v) is 3.06. The number of carbonyl (C=O) groups is 2. The van der Waals surface area contributed by atoms with E-state index in [1.54, 1.807) is 16.0 Å². The number of H-pyrrole nitrogens is 1. The third-order valence-corrected chi connectivity index (χ3v) is 4.62. The summed E-state index contributed by atoms with van der Waals surface area (Å²) in [6.07, 6.45) is 1.54. The van der Waals surface area contributed by atoms with Gasteiger partial charge in [-0.05, 0) is 23.6 Å². The van der Waals surface area contributed by atoms with Crippen LogP contribution in [-0.4, -0.2) is 51.4 Å². The zero-order valence-corrected chi connectivity index (χ0v) is 15.1. The number of piperazine rings is 1. The summed E-state index contributed by atoms with van der Waals surface area (Å²) in [6.45, 7) is 5.65. The lowest BCUT2D eigenvalue weighted by Crippen LogP contribution is -2.51. The van der Waals surface area contributed by atoms with Crippen LogP contribution in [0.4, 0.5) is 0 Å². The summed E-state index contributed by atoms with van der Waals surface area (Å²) >= 11 is 5.89. The number of nitrogens with zero attached hydrogens (tertiary/aromatic N) is 3. The molecule has 0 unspecified atom stereocenters. The molecule has 25 heavy (non-hydrogen) atoms. The molecule has 2 amide bonds. The lowest BCUT2D eigenvalue weighted by Gasteiger charge is -2.34. The van der Waals surface area contributed by atoms with E-state index < -0.39 is 0 Å². The zero-order valence-electron chi connectivity index (χ0n) is 14.3. The van der Waals surface area contributed by atoms with Crippen LogP contribution in [0.25, 0.3) is 0 Å². The summed E-state index contributed by atoms with van der Waals surface area (Å²) in [5.41, 5.74) is 2.38. The van der Waals surface area contributed by atoms with Crippen molar-refractivity contribution in [3.8, 4) is 0 Å². The Morgan fingerprint density at radius 3 is 2.64 bits per heavy atom. The third kappa shape index (κ3) is 3.85. The van der Waals surface area contributed by atoms with E-state index in [1.807, 2.05) is 38.1 Å². The molecule has 0 aliphatic carbocycles. The van der Waals surface area contributed by atoms with Crippen LogP contribution in [0.2, 0.25) is 5.02 Å². The maximum Gasteiger partial charge on any atom is 0.257 e. The number of rotatable bonds is 4. The van der Waals surface area contributed by atoms with Crippen LogP contribution in [0.1, 0.15) is 41.4 Å². The second kappa shape index (κ2) is 7.27. The van der Waals surface area contributed by atoms with E-state index in [4.69, 9.17) is 11.6 Å². The molecule has 0 bridgehead atoms. The van der Waals surface area contributed by atoms with Gasteiger partial charge >= 0.3 is 0 Å². The average molecular weight is 361 g/mol. The summed E-state index contributed by atoms with van der Waals surface area (Å²) in [7, 11) is 0. The highest BCUT2D eigenvalue weighted by molar-refractivity contribution is 6.30. The molecule has 0 spiro atoms. The van der Waals surface area contributed by atoms with Gasteiger partial charge in [0, 0.05) is 24.7 Å². The number of hydrogen-bond donors (Lipinski definition) is 1. The fourth-order valence-electron chi connectivity index (χ4n) is 2.94. The van der Waals surface area contributed by atoms with Gasteiger partial charge in [0.15, 0.2) is 0 Å². The number of benzene rings is 1. The van der Waals surface area contributed by atoms with Crippen molar-refractivity contribution in [2.75, 3.05) is 19.6 Å². The summed E-state index contributed by atoms with van der Waals surface area (Å²) in [5, 5.41) is 7.53. The Kier molecular flexibility index (Phi) is 5.08. The standard InChI is InChI=1S/C18H21ClN4O2/c1-12(2)17-15(9-20-21-17)18(25)23-8-7-22(16(24)11-23)10-13-3-5-14(19)6-4-13/h3-6,9,12H,7-8,10-11H2,1-2H3,(H,20,21). The third-order valence-electron chi connectivity index (χ3n) is 4.37. The number of carbonyl (C=O) groups excluding carboxylic acids is 2. The van der Waals surface area contributed by atoms with E-state index in [0.717, 1.165) is 11.3 Å². The van der Waals surface area contributed by atoms with E-state index >= 15 is 0 Å². The topological polar surface area (TPSA) is 69.3 Å². The molecule has 2 aromatic rings. The zero-order chi connectivity index (χ0) is 18.0. The number of aromatic nitrogens is 2. The number of hydrogen-bond acceptors (Lipinski definition) is 3. The van der Waals surface area contributed by atoms with Gasteiger partial charge in [-0.3, -0.25) is 14.7 Å². The molecule has 6 nitrogen and oxygen atoms in total. The Morgan fingerprint density at radius 1 is 1.28 bits per heavy atom. The van der Waals surface area contributed by atoms with Crippen molar-refractivity contribution in [2.45, 2.75) is 26.3 Å². The summed E-state index contributed by atoms with van der Waals surface area (Å²) in [6, 6.07) is 7.45. The minimum absolute atomic E-state index is 0.0517. The highest BCUT2D eigenvalue weighted by atomic mass is 35.5. The van der Waals surface area contributed by atoms with E-state index in [9.17, 15) is 9.59 Å². The Morgan fingerprint density at radius 2 is 2.00 bits per heavy atom. The summed E-state index contributed by atoms with van der Waals surface area (Å²) < 4.78 is 0. The highest BCUT2D eigenvalue weighted by Gasteiger charge is 2.29. The fraction of sp³-hybridized carbons (Fsp3) is 0.389. The average Bonchev–Trinajstić information content (AvgIpc) is 3.08. The van der Waals surface area contributed by atoms with Crippen LogP contribution in [0.3, 0.4) is 0 Å². The van der Waals surface area contributed by atoms with Crippen molar-refractivity contribution in [3.05, 3.63) is 52.3 Å². The molecule has 1 aliphatic rings. The maximum atomic E-state index is 12.7. The molecular formula is C18H21ClN4O2. The quantitative estimate of drug-likeness (QED) is 0.911. The molecule has 1 fully saturated rings. The lowest BCUT2D eigenvalue weighted by atomic mass is 10.1. The van der Waals surface area contributed by atoms with Gasteiger partial charge in [-0.25, -0.2) is 0 Å². The van der Waals surface area contributed by atoms with Gasteiger partial charge in [0.25, 0.3) is 5.91 Å².